The topological polar surface area (TPSA) is 133 Å². The third-order valence-corrected chi connectivity index (χ3v) is 8.74. The van der Waals surface area contributed by atoms with E-state index in [1.807, 2.05) is 0 Å². The highest BCUT2D eigenvalue weighted by atomic mass is 32.2. The van der Waals surface area contributed by atoms with E-state index in [1.165, 1.54) is 51.6 Å². The van der Waals surface area contributed by atoms with Gasteiger partial charge in [-0.15, -0.1) is 0 Å². The fourth-order valence-corrected chi connectivity index (χ4v) is 6.75. The molecule has 0 aliphatic heterocycles. The second kappa shape index (κ2) is 10.4. The molecule has 0 N–H and O–H groups in total. The van der Waals surface area contributed by atoms with Crippen LogP contribution in [0.3, 0.4) is 0 Å². The van der Waals surface area contributed by atoms with E-state index in [4.69, 9.17) is 14.2 Å². The number of hydrogen-bond donors (Lipinski definition) is 0. The maximum Gasteiger partial charge on any atom is 0.346 e. The summed E-state index contributed by atoms with van der Waals surface area (Å²) in [6.07, 6.45) is 1.52. The van der Waals surface area contributed by atoms with E-state index >= 15 is 0 Å². The van der Waals surface area contributed by atoms with Gasteiger partial charge < -0.3 is 18.8 Å². The number of Topliss-reactive ketones (excluding diaryl/α,β-unsaturated/α-hetero) is 1. The van der Waals surface area contributed by atoms with Gasteiger partial charge in [0.25, 0.3) is 15.0 Å². The van der Waals surface area contributed by atoms with E-state index in [0.29, 0.717) is 22.8 Å². The number of methoxy groups -OCH3 is 2. The van der Waals surface area contributed by atoms with E-state index in [2.05, 4.69) is 9.97 Å². The number of ether oxygens (including phenoxy) is 3. The van der Waals surface area contributed by atoms with Crippen LogP contribution in [0.5, 0.6) is 17.2 Å². The lowest BCUT2D eigenvalue weighted by Crippen LogP contribution is -2.20. The average Bonchev–Trinajstić information content (AvgIpc) is 3.27. The van der Waals surface area contributed by atoms with Gasteiger partial charge in [-0.1, -0.05) is 0 Å². The Morgan fingerprint density at radius 1 is 1.05 bits per heavy atom. The Bertz CT molecular complexity index is 1580. The summed E-state index contributed by atoms with van der Waals surface area (Å²) in [6.45, 7) is 4.77. The standard InChI is InChI=1S/C25H25N3O7S2/c1-15-13-26-24(17(3)23(15)34-5)36(30)25-27-21-12-19(33-4)8-11-22(21)28(25)37(31,32)20-9-6-18(7-10-20)35-14-16(2)29/h6-13H,14H2,1-5H3. The molecule has 0 saturated carbocycles. The minimum atomic E-state index is -4.27. The average molecular weight is 544 g/mol. The van der Waals surface area contributed by atoms with Gasteiger partial charge in [0.05, 0.1) is 46.9 Å². The third-order valence-electron chi connectivity index (χ3n) is 5.54. The van der Waals surface area contributed by atoms with Crippen LogP contribution in [-0.4, -0.2) is 53.5 Å². The minimum absolute atomic E-state index is 0.0813. The molecule has 2 heterocycles. The molecule has 4 rings (SSSR count). The van der Waals surface area contributed by atoms with Crippen LogP contribution in [0, 0.1) is 13.8 Å². The maximum atomic E-state index is 13.9. The van der Waals surface area contributed by atoms with Gasteiger partial charge in [0.15, 0.2) is 5.78 Å². The number of imidazole rings is 1. The van der Waals surface area contributed by atoms with E-state index in [0.717, 1.165) is 9.54 Å². The van der Waals surface area contributed by atoms with Crippen molar-refractivity contribution in [3.63, 3.8) is 0 Å². The highest BCUT2D eigenvalue weighted by molar-refractivity contribution is 7.93. The molecule has 0 bridgehead atoms. The van der Waals surface area contributed by atoms with Crippen molar-refractivity contribution in [3.05, 3.63) is 59.8 Å². The minimum Gasteiger partial charge on any atom is -0.603 e. The van der Waals surface area contributed by atoms with Gasteiger partial charge in [0, 0.05) is 17.8 Å². The number of aryl methyl sites for hydroxylation is 1. The van der Waals surface area contributed by atoms with Crippen molar-refractivity contribution >= 4 is 38.0 Å². The number of pyridine rings is 1. The summed E-state index contributed by atoms with van der Waals surface area (Å²) in [5.41, 5.74) is 1.77. The number of aromatic nitrogens is 3. The fourth-order valence-electron chi connectivity index (χ4n) is 3.78. The number of carbonyl (C=O) groups excluding carboxylic acids is 1. The maximum absolute atomic E-state index is 13.9. The lowest BCUT2D eigenvalue weighted by Gasteiger charge is -2.15. The Labute approximate surface area is 217 Å². The summed E-state index contributed by atoms with van der Waals surface area (Å²) < 4.78 is 58.6. The molecule has 2 aromatic heterocycles. The summed E-state index contributed by atoms with van der Waals surface area (Å²) in [5.74, 6) is 1.14. The van der Waals surface area contributed by atoms with Crippen molar-refractivity contribution in [1.82, 2.24) is 13.9 Å². The van der Waals surface area contributed by atoms with Gasteiger partial charge in [-0.2, -0.15) is 8.96 Å². The molecule has 1 atom stereocenters. The van der Waals surface area contributed by atoms with Crippen LogP contribution in [0.1, 0.15) is 18.1 Å². The Kier molecular flexibility index (Phi) is 7.44. The summed E-state index contributed by atoms with van der Waals surface area (Å²) in [6, 6.07) is 10.3. The van der Waals surface area contributed by atoms with Crippen molar-refractivity contribution in [2.24, 2.45) is 0 Å². The van der Waals surface area contributed by atoms with Crippen LogP contribution in [0.4, 0.5) is 0 Å². The Morgan fingerprint density at radius 2 is 1.73 bits per heavy atom. The van der Waals surface area contributed by atoms with Crippen LogP contribution in [0.25, 0.3) is 11.0 Å². The molecule has 0 fully saturated rings. The van der Waals surface area contributed by atoms with Crippen molar-refractivity contribution in [2.45, 2.75) is 35.8 Å². The van der Waals surface area contributed by atoms with Crippen LogP contribution >= 0.6 is 0 Å². The molecule has 0 spiro atoms. The molecule has 0 saturated heterocycles. The van der Waals surface area contributed by atoms with Gasteiger partial charge in [0.1, 0.15) is 23.9 Å². The number of hydrogen-bond acceptors (Lipinski definition) is 9. The summed E-state index contributed by atoms with van der Waals surface area (Å²) in [5, 5.41) is -0.0872. The van der Waals surface area contributed by atoms with Crippen LogP contribution < -0.4 is 14.2 Å². The van der Waals surface area contributed by atoms with Gasteiger partial charge >= 0.3 is 5.16 Å². The van der Waals surface area contributed by atoms with Gasteiger partial charge in [-0.3, -0.25) is 4.79 Å². The predicted molar refractivity (Wildman–Crippen MR) is 136 cm³/mol. The van der Waals surface area contributed by atoms with E-state index in [1.54, 1.807) is 32.0 Å². The first kappa shape index (κ1) is 26.5. The molecule has 10 nitrogen and oxygen atoms in total. The van der Waals surface area contributed by atoms with E-state index < -0.39 is 21.2 Å². The first-order valence-electron chi connectivity index (χ1n) is 11.0. The van der Waals surface area contributed by atoms with E-state index in [9.17, 15) is 17.8 Å². The molecular weight excluding hydrogens is 518 g/mol. The van der Waals surface area contributed by atoms with Crippen molar-refractivity contribution in [3.8, 4) is 17.2 Å². The molecule has 194 valence electrons. The van der Waals surface area contributed by atoms with Crippen molar-refractivity contribution in [1.29, 1.82) is 0 Å². The number of rotatable bonds is 9. The quantitative estimate of drug-likeness (QED) is 0.291. The second-order valence-corrected chi connectivity index (χ2v) is 11.2. The fraction of sp³-hybridized carbons (Fsp3) is 0.240. The summed E-state index contributed by atoms with van der Waals surface area (Å²) in [4.78, 5) is 19.9. The molecule has 0 amide bonds. The van der Waals surface area contributed by atoms with Crippen LogP contribution in [0.15, 0.2) is 63.7 Å². The zero-order chi connectivity index (χ0) is 26.9. The molecular formula is C25H25N3O7S2. The second-order valence-electron chi connectivity index (χ2n) is 8.15. The van der Waals surface area contributed by atoms with E-state index in [-0.39, 0.29) is 38.5 Å². The number of nitrogens with zero attached hydrogens (tertiary/aromatic N) is 3. The normalized spacial score (nSPS) is 12.4. The SMILES string of the molecule is COc1ccc2c(c1)nc([S+]([O-])c1ncc(C)c(OC)c1C)n2S(=O)(=O)c1ccc(OCC(C)=O)cc1. The summed E-state index contributed by atoms with van der Waals surface area (Å²) in [7, 11) is -1.29. The first-order chi connectivity index (χ1) is 17.6. The Balaban J connectivity index is 1.89. The molecule has 1 unspecified atom stereocenters. The lowest BCUT2D eigenvalue weighted by atomic mass is 10.2. The summed E-state index contributed by atoms with van der Waals surface area (Å²) >= 11 is -2.09. The molecule has 4 aromatic rings. The molecule has 0 aliphatic carbocycles. The number of benzene rings is 2. The van der Waals surface area contributed by atoms with Crippen LogP contribution in [0.2, 0.25) is 0 Å². The molecule has 2 aromatic carbocycles. The third kappa shape index (κ3) is 4.99. The molecule has 37 heavy (non-hydrogen) atoms. The van der Waals surface area contributed by atoms with Crippen molar-refractivity contribution < 1.29 is 32.0 Å². The Morgan fingerprint density at radius 3 is 2.35 bits per heavy atom. The molecule has 0 radical (unpaired) electrons. The zero-order valence-electron chi connectivity index (χ0n) is 20.8. The molecule has 0 aliphatic rings. The number of fused-ring (bicyclic) bond motifs is 1. The van der Waals surface area contributed by atoms with Gasteiger partial charge in [0.2, 0.25) is 0 Å². The molecule has 12 heteroatoms. The highest BCUT2D eigenvalue weighted by Gasteiger charge is 2.35. The predicted octanol–water partition coefficient (Wildman–Crippen LogP) is 3.44. The smallest absolute Gasteiger partial charge is 0.346 e. The first-order valence-corrected chi connectivity index (χ1v) is 13.6. The Hall–Kier alpha value is -3.61. The monoisotopic (exact) mass is 543 g/mol. The highest BCUT2D eigenvalue weighted by Crippen LogP contribution is 2.34. The van der Waals surface area contributed by atoms with Gasteiger partial charge in [-0.25, -0.2) is 13.4 Å². The van der Waals surface area contributed by atoms with Gasteiger partial charge in [-0.05, 0) is 57.2 Å². The number of carbonyl (C=O) groups is 1. The lowest BCUT2D eigenvalue weighted by molar-refractivity contribution is -0.118. The van der Waals surface area contributed by atoms with Crippen molar-refractivity contribution in [2.75, 3.05) is 20.8 Å². The van der Waals surface area contributed by atoms with Crippen LogP contribution in [-0.2, 0) is 26.0 Å². The number of ketones is 1. The zero-order valence-corrected chi connectivity index (χ0v) is 22.5. The largest absolute Gasteiger partial charge is 0.603 e.